The highest BCUT2D eigenvalue weighted by atomic mass is 14.8. The summed E-state index contributed by atoms with van der Waals surface area (Å²) in [6.07, 6.45) is 2.26. The summed E-state index contributed by atoms with van der Waals surface area (Å²) in [5, 5.41) is 0. The van der Waals surface area contributed by atoms with Gasteiger partial charge in [0.2, 0.25) is 0 Å². The molecule has 1 heterocycles. The summed E-state index contributed by atoms with van der Waals surface area (Å²) in [5.74, 6) is 1.25. The summed E-state index contributed by atoms with van der Waals surface area (Å²) >= 11 is 0. The van der Waals surface area contributed by atoms with Gasteiger partial charge >= 0.3 is 0 Å². The van der Waals surface area contributed by atoms with Gasteiger partial charge in [0.25, 0.3) is 0 Å². The minimum atomic E-state index is 0. The second kappa shape index (κ2) is 4.44. The molecule has 0 fully saturated rings. The van der Waals surface area contributed by atoms with Gasteiger partial charge in [-0.2, -0.15) is 0 Å². The smallest absolute Gasteiger partial charge is 0.0609 e. The molecule has 1 rings (SSSR count). The largest absolute Gasteiger partial charge is 0.285 e. The van der Waals surface area contributed by atoms with E-state index in [1.54, 1.807) is 0 Å². The Morgan fingerprint density at radius 3 is 2.00 bits per heavy atom. The van der Waals surface area contributed by atoms with E-state index in [1.807, 2.05) is 0 Å². The average Bonchev–Trinajstić information content (AvgIpc) is 2.33. The molecular weight excluding hydrogens is 146 g/mol. The first kappa shape index (κ1) is 11.4. The third-order valence-corrected chi connectivity index (χ3v) is 2.11. The van der Waals surface area contributed by atoms with E-state index < -0.39 is 0 Å². The van der Waals surface area contributed by atoms with Crippen LogP contribution < -0.4 is 0 Å². The first-order valence-corrected chi connectivity index (χ1v) is 4.36. The maximum absolute atomic E-state index is 4.46. The molecule has 0 aromatic rings. The van der Waals surface area contributed by atoms with Crippen LogP contribution in [-0.2, 0) is 0 Å². The van der Waals surface area contributed by atoms with Crippen LogP contribution in [-0.4, -0.2) is 12.3 Å². The minimum Gasteiger partial charge on any atom is -0.285 e. The molecule has 0 unspecified atom stereocenters. The molecule has 12 heavy (non-hydrogen) atoms. The van der Waals surface area contributed by atoms with Crippen LogP contribution in [0.3, 0.4) is 0 Å². The van der Waals surface area contributed by atoms with Crippen molar-refractivity contribution in [3.63, 3.8) is 0 Å². The fourth-order valence-corrected chi connectivity index (χ4v) is 1.16. The predicted molar refractivity (Wildman–Crippen MR) is 56.8 cm³/mol. The van der Waals surface area contributed by atoms with Gasteiger partial charge < -0.3 is 0 Å². The number of aliphatic imine (C=N–C) groups is 1. The monoisotopic (exact) mass is 167 g/mol. The van der Waals surface area contributed by atoms with Crippen molar-refractivity contribution >= 4 is 5.71 Å². The van der Waals surface area contributed by atoms with Gasteiger partial charge in [-0.1, -0.05) is 35.1 Å². The number of allylic oxidation sites excluding steroid dienone is 1. The van der Waals surface area contributed by atoms with E-state index in [0.717, 1.165) is 6.54 Å². The molecule has 0 saturated heterocycles. The standard InChI is InChI=1S/C10H17N.CH4/c1-7(2)9-5-10(8(3)4)11-6-9;/h5,7-8H,6H2,1-4H3;1H4. The van der Waals surface area contributed by atoms with E-state index in [4.69, 9.17) is 0 Å². The summed E-state index contributed by atoms with van der Waals surface area (Å²) in [4.78, 5) is 4.46. The lowest BCUT2D eigenvalue weighted by atomic mass is 10.0. The molecule has 1 nitrogen and oxygen atoms in total. The Labute approximate surface area is 76.6 Å². The van der Waals surface area contributed by atoms with Crippen molar-refractivity contribution in [2.45, 2.75) is 35.1 Å². The fraction of sp³-hybridized carbons (Fsp3) is 0.727. The van der Waals surface area contributed by atoms with Gasteiger partial charge in [0.15, 0.2) is 0 Å². The molecule has 0 amide bonds. The van der Waals surface area contributed by atoms with Crippen molar-refractivity contribution in [2.24, 2.45) is 16.8 Å². The van der Waals surface area contributed by atoms with Crippen LogP contribution >= 0.6 is 0 Å². The van der Waals surface area contributed by atoms with Gasteiger partial charge in [0, 0.05) is 5.71 Å². The highest BCUT2D eigenvalue weighted by molar-refractivity contribution is 5.98. The van der Waals surface area contributed by atoms with E-state index in [0.29, 0.717) is 11.8 Å². The maximum Gasteiger partial charge on any atom is 0.0609 e. The highest BCUT2D eigenvalue weighted by Crippen LogP contribution is 2.17. The van der Waals surface area contributed by atoms with Crippen molar-refractivity contribution in [3.8, 4) is 0 Å². The molecule has 0 aromatic heterocycles. The zero-order chi connectivity index (χ0) is 8.43. The van der Waals surface area contributed by atoms with Crippen molar-refractivity contribution in [1.82, 2.24) is 0 Å². The van der Waals surface area contributed by atoms with Crippen LogP contribution in [0.5, 0.6) is 0 Å². The van der Waals surface area contributed by atoms with Gasteiger partial charge in [-0.15, -0.1) is 0 Å². The molecule has 0 radical (unpaired) electrons. The topological polar surface area (TPSA) is 12.4 Å². The Morgan fingerprint density at radius 1 is 1.17 bits per heavy atom. The molecule has 0 N–H and O–H groups in total. The molecule has 0 spiro atoms. The van der Waals surface area contributed by atoms with Crippen LogP contribution in [0.15, 0.2) is 16.6 Å². The maximum atomic E-state index is 4.46. The fourth-order valence-electron chi connectivity index (χ4n) is 1.16. The van der Waals surface area contributed by atoms with Gasteiger partial charge in [-0.05, 0) is 23.5 Å². The second-order valence-corrected chi connectivity index (χ2v) is 3.77. The average molecular weight is 167 g/mol. The van der Waals surface area contributed by atoms with Gasteiger partial charge in [0.05, 0.1) is 6.54 Å². The summed E-state index contributed by atoms with van der Waals surface area (Å²) in [5.41, 5.74) is 2.75. The van der Waals surface area contributed by atoms with E-state index >= 15 is 0 Å². The Balaban J connectivity index is 0.00000121. The SMILES string of the molecule is C.CC(C)C1=CC(C(C)C)=NC1. The lowest BCUT2D eigenvalue weighted by Gasteiger charge is -2.02. The van der Waals surface area contributed by atoms with Gasteiger partial charge in [-0.25, -0.2) is 0 Å². The molecule has 0 bridgehead atoms. The molecule has 0 saturated carbocycles. The van der Waals surface area contributed by atoms with Crippen LogP contribution in [0, 0.1) is 11.8 Å². The Kier molecular flexibility index (Phi) is 4.22. The van der Waals surface area contributed by atoms with Gasteiger partial charge in [-0.3, -0.25) is 4.99 Å². The van der Waals surface area contributed by atoms with Crippen LogP contribution in [0.25, 0.3) is 0 Å². The van der Waals surface area contributed by atoms with E-state index in [1.165, 1.54) is 11.3 Å². The van der Waals surface area contributed by atoms with Crippen LogP contribution in [0.2, 0.25) is 0 Å². The second-order valence-electron chi connectivity index (χ2n) is 3.77. The molecule has 1 aliphatic rings. The normalized spacial score (nSPS) is 16.2. The molecule has 1 aliphatic heterocycles. The first-order chi connectivity index (χ1) is 5.11. The summed E-state index contributed by atoms with van der Waals surface area (Å²) in [6, 6.07) is 0. The molecule has 0 aliphatic carbocycles. The molecular formula is C11H21N. The zero-order valence-electron chi connectivity index (χ0n) is 7.89. The van der Waals surface area contributed by atoms with Gasteiger partial charge in [0.1, 0.15) is 0 Å². The lowest BCUT2D eigenvalue weighted by Crippen LogP contribution is -2.00. The first-order valence-electron chi connectivity index (χ1n) is 4.36. The number of rotatable bonds is 2. The molecule has 1 heteroatoms. The summed E-state index contributed by atoms with van der Waals surface area (Å²) < 4.78 is 0. The predicted octanol–water partition coefficient (Wildman–Crippen LogP) is 3.32. The van der Waals surface area contributed by atoms with E-state index in [-0.39, 0.29) is 7.43 Å². The number of nitrogens with zero attached hydrogens (tertiary/aromatic N) is 1. The van der Waals surface area contributed by atoms with Crippen molar-refractivity contribution in [2.75, 3.05) is 6.54 Å². The van der Waals surface area contributed by atoms with Crippen molar-refractivity contribution in [3.05, 3.63) is 11.6 Å². The van der Waals surface area contributed by atoms with E-state index in [9.17, 15) is 0 Å². The Bertz CT molecular complexity index is 197. The Morgan fingerprint density at radius 2 is 1.75 bits per heavy atom. The third-order valence-electron chi connectivity index (χ3n) is 2.11. The minimum absolute atomic E-state index is 0. The van der Waals surface area contributed by atoms with Crippen LogP contribution in [0.1, 0.15) is 35.1 Å². The Hall–Kier alpha value is -0.590. The summed E-state index contributed by atoms with van der Waals surface area (Å²) in [7, 11) is 0. The molecule has 0 atom stereocenters. The lowest BCUT2D eigenvalue weighted by molar-refractivity contribution is 0.754. The molecule has 70 valence electrons. The third kappa shape index (κ3) is 2.47. The van der Waals surface area contributed by atoms with Crippen molar-refractivity contribution in [1.29, 1.82) is 0 Å². The summed E-state index contributed by atoms with van der Waals surface area (Å²) in [6.45, 7) is 9.78. The zero-order valence-corrected chi connectivity index (χ0v) is 7.89. The van der Waals surface area contributed by atoms with Crippen LogP contribution in [0.4, 0.5) is 0 Å². The number of hydrogen-bond donors (Lipinski definition) is 0. The van der Waals surface area contributed by atoms with Crippen molar-refractivity contribution < 1.29 is 0 Å². The molecule has 0 aromatic carbocycles. The van der Waals surface area contributed by atoms with E-state index in [2.05, 4.69) is 38.8 Å². The highest BCUT2D eigenvalue weighted by Gasteiger charge is 2.12. The number of hydrogen-bond acceptors (Lipinski definition) is 1. The quantitative estimate of drug-likeness (QED) is 0.598.